The average molecular weight is 100 g/mol. The average Bonchev–Trinajstić information content (AvgIpc) is 1.76. The van der Waals surface area contributed by atoms with Gasteiger partial charge < -0.3 is 11.1 Å². The fraction of sp³-hybridized carbons (Fsp3) is 0.200. The summed E-state index contributed by atoms with van der Waals surface area (Å²) in [6, 6.07) is 3.89. The Hall–Kier alpha value is -0.760. The molecule has 0 saturated carbocycles. The number of H-pyrrole nitrogens is 1. The van der Waals surface area contributed by atoms with Crippen molar-refractivity contribution in [2.24, 2.45) is 0 Å². The largest absolute Gasteiger partial charge is 0.368 e. The molecule has 0 fully saturated rings. The molecule has 1 rings (SSSR count). The molecular weight excluding hydrogens is 88.1 g/mol. The second-order valence-corrected chi connectivity index (χ2v) is 0.885. The van der Waals surface area contributed by atoms with Crippen LogP contribution in [0.15, 0.2) is 24.5 Å². The fourth-order valence-corrected chi connectivity index (χ4v) is 0.278. The molecule has 0 saturated heterocycles. The summed E-state index contributed by atoms with van der Waals surface area (Å²) in [6.45, 7) is 0. The molecule has 1 aromatic rings. The van der Waals surface area contributed by atoms with Crippen molar-refractivity contribution < 1.29 is 0 Å². The summed E-state index contributed by atoms with van der Waals surface area (Å²) < 4.78 is 0. The third-order valence-electron chi connectivity index (χ3n) is 0.496. The lowest BCUT2D eigenvalue weighted by Crippen LogP contribution is -1.38. The van der Waals surface area contributed by atoms with E-state index >= 15 is 0 Å². The first-order valence-corrected chi connectivity index (χ1v) is 1.58. The van der Waals surface area contributed by atoms with Crippen LogP contribution < -0.4 is 6.15 Å². The summed E-state index contributed by atoms with van der Waals surface area (Å²) >= 11 is 0. The zero-order valence-electron chi connectivity index (χ0n) is 3.52. The topological polar surface area (TPSA) is 50.8 Å². The molecule has 0 amide bonds. The zero-order chi connectivity index (χ0) is 3.54. The van der Waals surface area contributed by atoms with Gasteiger partial charge >= 0.3 is 0 Å². The molecule has 0 aromatic carbocycles. The molecule has 7 heavy (non-hydrogen) atoms. The number of aromatic amines is 1. The molecule has 42 valence electrons. The minimum atomic E-state index is 0. The lowest BCUT2D eigenvalue weighted by Gasteiger charge is -1.49. The fourth-order valence-electron chi connectivity index (χ4n) is 0.278. The van der Waals surface area contributed by atoms with Crippen LogP contribution in [0.1, 0.15) is 7.43 Å². The predicted molar refractivity (Wildman–Crippen MR) is 32.5 cm³/mol. The van der Waals surface area contributed by atoms with Gasteiger partial charge in [0.25, 0.3) is 0 Å². The van der Waals surface area contributed by atoms with Gasteiger partial charge in [-0.1, -0.05) is 7.43 Å². The van der Waals surface area contributed by atoms with Gasteiger partial charge in [0.05, 0.1) is 0 Å². The maximum atomic E-state index is 2.86. The van der Waals surface area contributed by atoms with Crippen LogP contribution >= 0.6 is 0 Å². The second kappa shape index (κ2) is 5.24. The second-order valence-electron chi connectivity index (χ2n) is 0.885. The van der Waals surface area contributed by atoms with E-state index in [1.165, 1.54) is 0 Å². The Labute approximate surface area is 44.1 Å². The van der Waals surface area contributed by atoms with Crippen molar-refractivity contribution >= 4 is 0 Å². The van der Waals surface area contributed by atoms with E-state index in [2.05, 4.69) is 4.98 Å². The van der Waals surface area contributed by atoms with Crippen LogP contribution in [0.4, 0.5) is 0 Å². The quantitative estimate of drug-likeness (QED) is 0.513. The Morgan fingerprint density at radius 3 is 1.57 bits per heavy atom. The first-order valence-electron chi connectivity index (χ1n) is 1.58. The summed E-state index contributed by atoms with van der Waals surface area (Å²) in [7, 11) is 0. The van der Waals surface area contributed by atoms with E-state index in [1.807, 2.05) is 24.5 Å². The molecule has 0 aliphatic heterocycles. The van der Waals surface area contributed by atoms with Crippen molar-refractivity contribution in [3.63, 3.8) is 0 Å². The highest BCUT2D eigenvalue weighted by molar-refractivity contribution is 4.84. The predicted octanol–water partition coefficient (Wildman–Crippen LogP) is 1.81. The molecule has 4 N–H and O–H groups in total. The van der Waals surface area contributed by atoms with Crippen molar-refractivity contribution in [3.05, 3.63) is 24.5 Å². The van der Waals surface area contributed by atoms with Gasteiger partial charge in [0.15, 0.2) is 0 Å². The van der Waals surface area contributed by atoms with E-state index in [1.54, 1.807) is 0 Å². The molecule has 0 radical (unpaired) electrons. The third-order valence-corrected chi connectivity index (χ3v) is 0.496. The highest BCUT2D eigenvalue weighted by Gasteiger charge is 1.55. The van der Waals surface area contributed by atoms with Gasteiger partial charge in [0.2, 0.25) is 0 Å². The zero-order valence-corrected chi connectivity index (χ0v) is 3.52. The van der Waals surface area contributed by atoms with E-state index in [9.17, 15) is 0 Å². The van der Waals surface area contributed by atoms with Gasteiger partial charge in [-0.15, -0.1) is 0 Å². The molecule has 0 aliphatic carbocycles. The van der Waals surface area contributed by atoms with E-state index in [-0.39, 0.29) is 13.6 Å². The molecule has 0 unspecified atom stereocenters. The van der Waals surface area contributed by atoms with Crippen LogP contribution in [0.2, 0.25) is 0 Å². The Kier molecular flexibility index (Phi) is 7.13. The summed E-state index contributed by atoms with van der Waals surface area (Å²) in [5.41, 5.74) is 0. The first-order chi connectivity index (χ1) is 2.50. The highest BCUT2D eigenvalue weighted by atomic mass is 14.6. The van der Waals surface area contributed by atoms with Gasteiger partial charge in [0, 0.05) is 12.4 Å². The van der Waals surface area contributed by atoms with Gasteiger partial charge in [-0.2, -0.15) is 0 Å². The summed E-state index contributed by atoms with van der Waals surface area (Å²) in [5.74, 6) is 0. The van der Waals surface area contributed by atoms with E-state index in [0.717, 1.165) is 0 Å². The van der Waals surface area contributed by atoms with Crippen molar-refractivity contribution in [1.29, 1.82) is 0 Å². The number of rotatable bonds is 0. The molecule has 0 aliphatic rings. The molecule has 1 heterocycles. The van der Waals surface area contributed by atoms with E-state index in [0.29, 0.717) is 0 Å². The number of hydrogen-bond donors (Lipinski definition) is 2. The third kappa shape index (κ3) is 3.06. The van der Waals surface area contributed by atoms with Crippen LogP contribution in [0.5, 0.6) is 0 Å². The van der Waals surface area contributed by atoms with Crippen molar-refractivity contribution in [2.45, 2.75) is 7.43 Å². The molecule has 0 atom stereocenters. The molecule has 2 heteroatoms. The smallest absolute Gasteiger partial charge is 0.000496 e. The monoisotopic (exact) mass is 100 g/mol. The van der Waals surface area contributed by atoms with Gasteiger partial charge in [-0.25, -0.2) is 0 Å². The summed E-state index contributed by atoms with van der Waals surface area (Å²) in [5, 5.41) is 0. The molecule has 1 aromatic heterocycles. The highest BCUT2D eigenvalue weighted by Crippen LogP contribution is 1.72. The minimum absolute atomic E-state index is 0. The lowest BCUT2D eigenvalue weighted by molar-refractivity contribution is 1.42. The van der Waals surface area contributed by atoms with Crippen LogP contribution in [0.25, 0.3) is 0 Å². The Balaban J connectivity index is 0. The van der Waals surface area contributed by atoms with Crippen molar-refractivity contribution in [2.75, 3.05) is 0 Å². The number of aromatic nitrogens is 1. The molecular formula is C5H12N2. The standard InChI is InChI=1S/C4H5N.CH4.H3N/c1-2-4-5-3-1;;/h1-5H;1H4;1H3. The van der Waals surface area contributed by atoms with E-state index < -0.39 is 0 Å². The van der Waals surface area contributed by atoms with Crippen LogP contribution in [0, 0.1) is 0 Å². The summed E-state index contributed by atoms with van der Waals surface area (Å²) in [6.07, 6.45) is 3.75. The first kappa shape index (κ1) is 9.53. The van der Waals surface area contributed by atoms with Gasteiger partial charge in [-0.05, 0) is 12.1 Å². The van der Waals surface area contributed by atoms with Crippen molar-refractivity contribution in [1.82, 2.24) is 11.1 Å². The van der Waals surface area contributed by atoms with Gasteiger partial charge in [-0.3, -0.25) is 0 Å². The number of hydrogen-bond acceptors (Lipinski definition) is 1. The van der Waals surface area contributed by atoms with Gasteiger partial charge in [0.1, 0.15) is 0 Å². The van der Waals surface area contributed by atoms with Crippen LogP contribution in [0.3, 0.4) is 0 Å². The van der Waals surface area contributed by atoms with Crippen LogP contribution in [-0.4, -0.2) is 4.98 Å². The Bertz CT molecular complexity index is 62.6. The van der Waals surface area contributed by atoms with Crippen LogP contribution in [-0.2, 0) is 0 Å². The van der Waals surface area contributed by atoms with Crippen molar-refractivity contribution in [3.8, 4) is 0 Å². The maximum absolute atomic E-state index is 2.86. The minimum Gasteiger partial charge on any atom is -0.368 e. The molecule has 2 nitrogen and oxygen atoms in total. The van der Waals surface area contributed by atoms with E-state index in [4.69, 9.17) is 0 Å². The Morgan fingerprint density at radius 2 is 1.43 bits per heavy atom. The summed E-state index contributed by atoms with van der Waals surface area (Å²) in [4.78, 5) is 2.86. The molecule has 0 bridgehead atoms. The SMILES string of the molecule is C.N.c1cc[nH]c1. The Morgan fingerprint density at radius 1 is 1.00 bits per heavy atom. The maximum Gasteiger partial charge on any atom is 0.000496 e. The number of nitrogens with one attached hydrogen (secondary N) is 1. The molecule has 0 spiro atoms. The lowest BCUT2D eigenvalue weighted by atomic mass is 10.7. The normalized spacial score (nSPS) is 5.71.